The quantitative estimate of drug-likeness (QED) is 0.164. The van der Waals surface area contributed by atoms with Gasteiger partial charge in [-0.3, -0.25) is 9.59 Å². The first-order valence-corrected chi connectivity index (χ1v) is 12.7. The van der Waals surface area contributed by atoms with E-state index >= 15 is 0 Å². The second-order valence-corrected chi connectivity index (χ2v) is 8.79. The van der Waals surface area contributed by atoms with Gasteiger partial charge in [-0.2, -0.15) is 0 Å². The molecule has 2 N–H and O–H groups in total. The van der Waals surface area contributed by atoms with Crippen LogP contribution in [0.1, 0.15) is 129 Å². The van der Waals surface area contributed by atoms with E-state index in [1.54, 1.807) is 0 Å². The molecule has 0 amide bonds. The van der Waals surface area contributed by atoms with Gasteiger partial charge in [0.15, 0.2) is 0 Å². The minimum absolute atomic E-state index is 0.0819. The molecule has 0 aromatic carbocycles. The zero-order valence-corrected chi connectivity index (χ0v) is 19.7. The number of carboxylic acids is 2. The minimum Gasteiger partial charge on any atom is -0.481 e. The molecule has 0 aromatic rings. The molecule has 0 spiro atoms. The van der Waals surface area contributed by atoms with Crippen molar-refractivity contribution in [1.29, 1.82) is 0 Å². The van der Waals surface area contributed by atoms with E-state index in [1.807, 2.05) is 4.90 Å². The Hall–Kier alpha value is -1.10. The van der Waals surface area contributed by atoms with Gasteiger partial charge in [0.05, 0.1) is 12.8 Å². The van der Waals surface area contributed by atoms with Crippen molar-refractivity contribution in [2.75, 3.05) is 19.6 Å². The molecule has 0 aromatic heterocycles. The summed E-state index contributed by atoms with van der Waals surface area (Å²) >= 11 is 0. The third-order valence-electron chi connectivity index (χ3n) is 5.86. The smallest absolute Gasteiger partial charge is 0.304 e. The van der Waals surface area contributed by atoms with Gasteiger partial charge in [-0.05, 0) is 13.0 Å². The molecule has 0 aliphatic carbocycles. The van der Waals surface area contributed by atoms with Crippen LogP contribution in [0.25, 0.3) is 0 Å². The molecular weight excluding hydrogens is 378 g/mol. The van der Waals surface area contributed by atoms with Crippen LogP contribution in [0.4, 0.5) is 0 Å². The Labute approximate surface area is 185 Å². The molecule has 0 heterocycles. The molecule has 5 heteroatoms. The van der Waals surface area contributed by atoms with E-state index in [0.29, 0.717) is 13.1 Å². The number of aliphatic carboxylic acids is 2. The van der Waals surface area contributed by atoms with Crippen molar-refractivity contribution in [2.45, 2.75) is 129 Å². The molecule has 0 saturated heterocycles. The van der Waals surface area contributed by atoms with Crippen molar-refractivity contribution in [3.05, 3.63) is 0 Å². The predicted molar refractivity (Wildman–Crippen MR) is 125 cm³/mol. The van der Waals surface area contributed by atoms with Crippen molar-refractivity contribution in [1.82, 2.24) is 4.90 Å². The molecule has 30 heavy (non-hydrogen) atoms. The summed E-state index contributed by atoms with van der Waals surface area (Å²) in [6.45, 7) is 3.97. The number of hydrogen-bond acceptors (Lipinski definition) is 3. The summed E-state index contributed by atoms with van der Waals surface area (Å²) < 4.78 is 0. The second kappa shape index (κ2) is 22.6. The molecule has 178 valence electrons. The van der Waals surface area contributed by atoms with E-state index in [0.717, 1.165) is 19.4 Å². The number of unbranched alkanes of at least 4 members (excludes halogenated alkanes) is 16. The standard InChI is InChI=1S/C25H49NO4/c1-2-3-4-5-6-7-8-9-10-11-12-13-14-15-16-17-18-21-26(22-19-24(27)28)23-20-25(29)30/h2-23H2,1H3,(H,27,28)(H,29,30). The van der Waals surface area contributed by atoms with Crippen molar-refractivity contribution in [2.24, 2.45) is 0 Å². The molecule has 0 radical (unpaired) electrons. The summed E-state index contributed by atoms with van der Waals surface area (Å²) in [7, 11) is 0. The maximum absolute atomic E-state index is 10.7. The molecule has 0 aliphatic rings. The lowest BCUT2D eigenvalue weighted by Gasteiger charge is -2.20. The van der Waals surface area contributed by atoms with Gasteiger partial charge in [-0.15, -0.1) is 0 Å². The van der Waals surface area contributed by atoms with Crippen LogP contribution >= 0.6 is 0 Å². The van der Waals surface area contributed by atoms with Gasteiger partial charge in [-0.25, -0.2) is 0 Å². The largest absolute Gasteiger partial charge is 0.481 e. The topological polar surface area (TPSA) is 77.8 Å². The van der Waals surface area contributed by atoms with Gasteiger partial charge in [-0.1, -0.05) is 110 Å². The summed E-state index contributed by atoms with van der Waals surface area (Å²) in [5.74, 6) is -1.64. The van der Waals surface area contributed by atoms with Crippen LogP contribution in [0.2, 0.25) is 0 Å². The molecule has 5 nitrogen and oxygen atoms in total. The first kappa shape index (κ1) is 28.9. The SMILES string of the molecule is CCCCCCCCCCCCCCCCCCCN(CCC(=O)O)CCC(=O)O. The second-order valence-electron chi connectivity index (χ2n) is 8.79. The van der Waals surface area contributed by atoms with E-state index in [1.165, 1.54) is 96.3 Å². The normalized spacial score (nSPS) is 11.3. The Kier molecular flexibility index (Phi) is 21.8. The molecule has 0 bridgehead atoms. The van der Waals surface area contributed by atoms with Crippen molar-refractivity contribution in [3.63, 3.8) is 0 Å². The van der Waals surface area contributed by atoms with E-state index in [4.69, 9.17) is 10.2 Å². The highest BCUT2D eigenvalue weighted by atomic mass is 16.4. The first-order valence-electron chi connectivity index (χ1n) is 12.7. The molecule has 0 saturated carbocycles. The molecule has 0 rings (SSSR count). The van der Waals surface area contributed by atoms with E-state index < -0.39 is 11.9 Å². The molecule has 0 atom stereocenters. The Morgan fingerprint density at radius 1 is 0.500 bits per heavy atom. The third-order valence-corrected chi connectivity index (χ3v) is 5.86. The summed E-state index contributed by atoms with van der Waals surface area (Å²) in [5, 5.41) is 17.6. The summed E-state index contributed by atoms with van der Waals surface area (Å²) in [6.07, 6.45) is 22.9. The fourth-order valence-corrected chi connectivity index (χ4v) is 3.90. The van der Waals surface area contributed by atoms with E-state index in [2.05, 4.69) is 6.92 Å². The van der Waals surface area contributed by atoms with Crippen LogP contribution < -0.4 is 0 Å². The zero-order chi connectivity index (χ0) is 22.3. The monoisotopic (exact) mass is 427 g/mol. The Morgan fingerprint density at radius 3 is 1.10 bits per heavy atom. The van der Waals surface area contributed by atoms with Crippen LogP contribution in [0.3, 0.4) is 0 Å². The minimum atomic E-state index is -0.822. The number of carbonyl (C=O) groups is 2. The fourth-order valence-electron chi connectivity index (χ4n) is 3.90. The first-order chi connectivity index (χ1) is 14.6. The molecule has 0 fully saturated rings. The van der Waals surface area contributed by atoms with Crippen LogP contribution in [0.15, 0.2) is 0 Å². The Balaban J connectivity index is 3.40. The lowest BCUT2D eigenvalue weighted by molar-refractivity contribution is -0.137. The van der Waals surface area contributed by atoms with Crippen LogP contribution in [-0.2, 0) is 9.59 Å². The van der Waals surface area contributed by atoms with Gasteiger partial charge in [0.2, 0.25) is 0 Å². The number of nitrogens with zero attached hydrogens (tertiary/aromatic N) is 1. The zero-order valence-electron chi connectivity index (χ0n) is 19.7. The van der Waals surface area contributed by atoms with E-state index in [-0.39, 0.29) is 12.8 Å². The molecule has 0 unspecified atom stereocenters. The average Bonchev–Trinajstić information content (AvgIpc) is 2.71. The highest BCUT2D eigenvalue weighted by molar-refractivity contribution is 5.67. The van der Waals surface area contributed by atoms with Crippen LogP contribution in [-0.4, -0.2) is 46.7 Å². The van der Waals surface area contributed by atoms with Crippen molar-refractivity contribution < 1.29 is 19.8 Å². The fraction of sp³-hybridized carbons (Fsp3) is 0.920. The lowest BCUT2D eigenvalue weighted by atomic mass is 10.0. The van der Waals surface area contributed by atoms with Crippen molar-refractivity contribution >= 4 is 11.9 Å². The Bertz CT molecular complexity index is 383. The van der Waals surface area contributed by atoms with Crippen molar-refractivity contribution in [3.8, 4) is 0 Å². The van der Waals surface area contributed by atoms with Gasteiger partial charge in [0, 0.05) is 13.1 Å². The maximum Gasteiger partial charge on any atom is 0.304 e. The molecular formula is C25H49NO4. The number of rotatable bonds is 24. The van der Waals surface area contributed by atoms with Crippen LogP contribution in [0.5, 0.6) is 0 Å². The van der Waals surface area contributed by atoms with Gasteiger partial charge in [0.25, 0.3) is 0 Å². The van der Waals surface area contributed by atoms with E-state index in [9.17, 15) is 9.59 Å². The summed E-state index contributed by atoms with van der Waals surface area (Å²) in [6, 6.07) is 0. The molecule has 0 aliphatic heterocycles. The van der Waals surface area contributed by atoms with Gasteiger partial charge in [0.1, 0.15) is 0 Å². The highest BCUT2D eigenvalue weighted by Crippen LogP contribution is 2.14. The van der Waals surface area contributed by atoms with Crippen LogP contribution in [0, 0.1) is 0 Å². The Morgan fingerprint density at radius 2 is 0.800 bits per heavy atom. The van der Waals surface area contributed by atoms with Gasteiger partial charge < -0.3 is 15.1 Å². The maximum atomic E-state index is 10.7. The predicted octanol–water partition coefficient (Wildman–Crippen LogP) is 6.89. The highest BCUT2D eigenvalue weighted by Gasteiger charge is 2.09. The van der Waals surface area contributed by atoms with Gasteiger partial charge >= 0.3 is 11.9 Å². The number of carboxylic acid groups (broad SMARTS) is 2. The number of hydrogen-bond donors (Lipinski definition) is 2. The third kappa shape index (κ3) is 23.2. The lowest BCUT2D eigenvalue weighted by Crippen LogP contribution is -2.30. The summed E-state index contributed by atoms with van der Waals surface area (Å²) in [5.41, 5.74) is 0. The summed E-state index contributed by atoms with van der Waals surface area (Å²) in [4.78, 5) is 23.4. The average molecular weight is 428 g/mol.